The summed E-state index contributed by atoms with van der Waals surface area (Å²) in [7, 11) is 0. The highest BCUT2D eigenvalue weighted by Gasteiger charge is 2.41. The second-order valence-electron chi connectivity index (χ2n) is 3.41. The zero-order valence-electron chi connectivity index (χ0n) is 6.93. The first-order valence-corrected chi connectivity index (χ1v) is 4.19. The third-order valence-electron chi connectivity index (χ3n) is 2.52. The van der Waals surface area contributed by atoms with Crippen molar-refractivity contribution in [2.45, 2.75) is 31.9 Å². The molecule has 0 spiro atoms. The van der Waals surface area contributed by atoms with Crippen LogP contribution in [0.3, 0.4) is 0 Å². The Bertz CT molecular complexity index is 192. The first-order valence-electron chi connectivity index (χ1n) is 4.19. The maximum atomic E-state index is 12.1. The van der Waals surface area contributed by atoms with Crippen molar-refractivity contribution in [3.8, 4) is 0 Å². The smallest absolute Gasteiger partial charge is 0.391 e. The summed E-state index contributed by atoms with van der Waals surface area (Å²) in [6.07, 6.45) is -4.15. The number of carbonyl (C=O) groups excluding carboxylic acids is 1. The number of hydrogen-bond donors (Lipinski definition) is 0. The molecule has 0 radical (unpaired) electrons. The number of alkyl halides is 3. The molecule has 1 rings (SSSR count). The predicted molar refractivity (Wildman–Crippen MR) is 36.5 cm³/mol. The van der Waals surface area contributed by atoms with Gasteiger partial charge in [-0.25, -0.2) is 0 Å². The molecular formula is C8H10F3O2-. The van der Waals surface area contributed by atoms with Gasteiger partial charge in [-0.2, -0.15) is 13.2 Å². The number of carboxylic acid groups (broad SMARTS) is 1. The summed E-state index contributed by atoms with van der Waals surface area (Å²) in [6, 6.07) is 0. The van der Waals surface area contributed by atoms with Gasteiger partial charge in [0.2, 0.25) is 0 Å². The number of rotatable bonds is 1. The van der Waals surface area contributed by atoms with E-state index in [1.165, 1.54) is 0 Å². The highest BCUT2D eigenvalue weighted by Crippen LogP contribution is 2.39. The van der Waals surface area contributed by atoms with Crippen LogP contribution in [0.1, 0.15) is 25.7 Å². The molecule has 0 aromatic heterocycles. The molecule has 1 aliphatic rings. The highest BCUT2D eigenvalue weighted by molar-refractivity contribution is 5.67. The van der Waals surface area contributed by atoms with Crippen molar-refractivity contribution < 1.29 is 23.1 Å². The van der Waals surface area contributed by atoms with E-state index in [1.807, 2.05) is 0 Å². The molecule has 0 atom stereocenters. The van der Waals surface area contributed by atoms with Gasteiger partial charge in [0, 0.05) is 5.97 Å². The zero-order chi connectivity index (χ0) is 10.1. The lowest BCUT2D eigenvalue weighted by molar-refractivity contribution is -0.313. The molecule has 1 fully saturated rings. The van der Waals surface area contributed by atoms with Crippen LogP contribution in [-0.4, -0.2) is 12.1 Å². The Kier molecular flexibility index (Phi) is 2.83. The van der Waals surface area contributed by atoms with Gasteiger partial charge < -0.3 is 9.90 Å². The van der Waals surface area contributed by atoms with Gasteiger partial charge >= 0.3 is 6.18 Å². The van der Waals surface area contributed by atoms with E-state index < -0.39 is 24.0 Å². The minimum atomic E-state index is -4.17. The van der Waals surface area contributed by atoms with Gasteiger partial charge in [0.25, 0.3) is 0 Å². The van der Waals surface area contributed by atoms with E-state index in [4.69, 9.17) is 0 Å². The average Bonchev–Trinajstić information content (AvgIpc) is 2.03. The predicted octanol–water partition coefficient (Wildman–Crippen LogP) is 1.10. The quantitative estimate of drug-likeness (QED) is 0.628. The standard InChI is InChI=1S/C8H11F3O2/c9-8(10,11)6-3-1-5(2-4-6)7(12)13/h5-6H,1-4H2,(H,12,13)/p-1. The van der Waals surface area contributed by atoms with E-state index in [0.29, 0.717) is 0 Å². The molecule has 0 amide bonds. The van der Waals surface area contributed by atoms with Crippen molar-refractivity contribution in [3.63, 3.8) is 0 Å². The van der Waals surface area contributed by atoms with Crippen LogP contribution in [0.4, 0.5) is 13.2 Å². The van der Waals surface area contributed by atoms with E-state index in [0.717, 1.165) is 0 Å². The van der Waals surface area contributed by atoms with E-state index in [9.17, 15) is 23.1 Å². The third-order valence-corrected chi connectivity index (χ3v) is 2.52. The van der Waals surface area contributed by atoms with Crippen molar-refractivity contribution in [3.05, 3.63) is 0 Å². The number of aliphatic carboxylic acids is 1. The molecule has 1 saturated carbocycles. The molecule has 0 N–H and O–H groups in total. The molecule has 76 valence electrons. The van der Waals surface area contributed by atoms with E-state index in [1.54, 1.807) is 0 Å². The Labute approximate surface area is 73.7 Å². The van der Waals surface area contributed by atoms with Crippen LogP contribution in [0.5, 0.6) is 0 Å². The monoisotopic (exact) mass is 195 g/mol. The molecule has 0 heterocycles. The Hall–Kier alpha value is -0.740. The summed E-state index contributed by atoms with van der Waals surface area (Å²) in [4.78, 5) is 10.3. The molecule has 0 aromatic carbocycles. The molecule has 2 nitrogen and oxygen atoms in total. The number of carboxylic acids is 1. The third kappa shape index (κ3) is 2.60. The van der Waals surface area contributed by atoms with Crippen LogP contribution in [0.15, 0.2) is 0 Å². The molecule has 13 heavy (non-hydrogen) atoms. The summed E-state index contributed by atoms with van der Waals surface area (Å²) in [5.41, 5.74) is 0. The van der Waals surface area contributed by atoms with Gasteiger partial charge in [0.05, 0.1) is 5.92 Å². The molecule has 1 aliphatic carbocycles. The fraction of sp³-hybridized carbons (Fsp3) is 0.875. The molecule has 0 bridgehead atoms. The second-order valence-corrected chi connectivity index (χ2v) is 3.41. The van der Waals surface area contributed by atoms with Gasteiger partial charge in [-0.05, 0) is 31.6 Å². The maximum Gasteiger partial charge on any atom is 0.391 e. The summed E-state index contributed by atoms with van der Waals surface area (Å²) in [5, 5.41) is 10.3. The van der Waals surface area contributed by atoms with Crippen molar-refractivity contribution in [1.29, 1.82) is 0 Å². The minimum Gasteiger partial charge on any atom is -0.550 e. The van der Waals surface area contributed by atoms with Gasteiger partial charge in [-0.1, -0.05) is 0 Å². The topological polar surface area (TPSA) is 40.1 Å². The molecule has 0 saturated heterocycles. The van der Waals surface area contributed by atoms with Crippen molar-refractivity contribution in [2.24, 2.45) is 11.8 Å². The minimum absolute atomic E-state index is 0.0812. The van der Waals surface area contributed by atoms with Crippen molar-refractivity contribution >= 4 is 5.97 Å². The van der Waals surface area contributed by atoms with Crippen molar-refractivity contribution in [1.82, 2.24) is 0 Å². The Morgan fingerprint density at radius 1 is 1.15 bits per heavy atom. The fourth-order valence-corrected chi connectivity index (χ4v) is 1.66. The largest absolute Gasteiger partial charge is 0.550 e. The van der Waals surface area contributed by atoms with Crippen LogP contribution in [0.25, 0.3) is 0 Å². The average molecular weight is 195 g/mol. The van der Waals surface area contributed by atoms with Crippen LogP contribution >= 0.6 is 0 Å². The van der Waals surface area contributed by atoms with Crippen LogP contribution in [0, 0.1) is 11.8 Å². The van der Waals surface area contributed by atoms with E-state index in [2.05, 4.69) is 0 Å². The molecule has 0 unspecified atom stereocenters. The molecular weight excluding hydrogens is 185 g/mol. The lowest BCUT2D eigenvalue weighted by Gasteiger charge is -2.30. The first kappa shape index (κ1) is 10.3. The van der Waals surface area contributed by atoms with Crippen LogP contribution < -0.4 is 5.11 Å². The Morgan fingerprint density at radius 2 is 1.62 bits per heavy atom. The number of hydrogen-bond acceptors (Lipinski definition) is 2. The SMILES string of the molecule is O=C([O-])C1CCC(C(F)(F)F)CC1. The van der Waals surface area contributed by atoms with Gasteiger partial charge in [-0.15, -0.1) is 0 Å². The van der Waals surface area contributed by atoms with E-state index in [-0.39, 0.29) is 25.7 Å². The molecule has 0 aliphatic heterocycles. The van der Waals surface area contributed by atoms with E-state index >= 15 is 0 Å². The Balaban J connectivity index is 2.44. The van der Waals surface area contributed by atoms with Crippen LogP contribution in [-0.2, 0) is 4.79 Å². The molecule has 5 heteroatoms. The lowest BCUT2D eigenvalue weighted by Crippen LogP contribution is -2.36. The first-order chi connectivity index (χ1) is 5.91. The summed E-state index contributed by atoms with van der Waals surface area (Å²) in [5.74, 6) is -3.22. The number of halogens is 3. The number of carbonyl (C=O) groups is 1. The normalized spacial score (nSPS) is 30.1. The lowest BCUT2D eigenvalue weighted by atomic mass is 9.82. The van der Waals surface area contributed by atoms with Crippen molar-refractivity contribution in [2.75, 3.05) is 0 Å². The Morgan fingerprint density at radius 3 is 1.92 bits per heavy atom. The van der Waals surface area contributed by atoms with Gasteiger partial charge in [0.1, 0.15) is 0 Å². The van der Waals surface area contributed by atoms with Crippen LogP contribution in [0.2, 0.25) is 0 Å². The summed E-state index contributed by atoms with van der Waals surface area (Å²) in [6.45, 7) is 0. The summed E-state index contributed by atoms with van der Waals surface area (Å²) < 4.78 is 36.3. The fourth-order valence-electron chi connectivity index (χ4n) is 1.66. The summed E-state index contributed by atoms with van der Waals surface area (Å²) >= 11 is 0. The maximum absolute atomic E-state index is 12.1. The second kappa shape index (κ2) is 3.55. The zero-order valence-corrected chi connectivity index (χ0v) is 6.93. The van der Waals surface area contributed by atoms with Gasteiger partial charge in [0.15, 0.2) is 0 Å². The van der Waals surface area contributed by atoms with Gasteiger partial charge in [-0.3, -0.25) is 0 Å². The molecule has 0 aromatic rings. The highest BCUT2D eigenvalue weighted by atomic mass is 19.4.